The van der Waals surface area contributed by atoms with Crippen LogP contribution in [0.5, 0.6) is 0 Å². The normalized spacial score (nSPS) is 12.7. The zero-order chi connectivity index (χ0) is 14.3. The summed E-state index contributed by atoms with van der Waals surface area (Å²) in [5, 5.41) is 12.3. The predicted molar refractivity (Wildman–Crippen MR) is 79.2 cm³/mol. The second-order valence-corrected chi connectivity index (χ2v) is 6.25. The number of hydrogen-bond donors (Lipinski definition) is 2. The number of nitrogens with one attached hydrogen (secondary N) is 1. The minimum Gasteiger partial charge on any atom is -0.320 e. The number of nitrogens with zero attached hydrogens (tertiary/aromatic N) is 2. The van der Waals surface area contributed by atoms with Crippen molar-refractivity contribution in [2.24, 2.45) is 11.7 Å². The van der Waals surface area contributed by atoms with Gasteiger partial charge in [0.05, 0.1) is 6.04 Å². The summed E-state index contributed by atoms with van der Waals surface area (Å²) in [5.74, 6) is 0.227. The molecule has 19 heavy (non-hydrogen) atoms. The molecule has 1 aromatic rings. The molecule has 0 fully saturated rings. The molecule has 108 valence electrons. The number of carbonyl (C=O) groups is 1. The molecule has 1 atom stereocenters. The minimum absolute atomic E-state index is 0.176. The molecular weight excluding hydrogens is 260 g/mol. The third kappa shape index (κ3) is 6.11. The highest BCUT2D eigenvalue weighted by Gasteiger charge is 2.16. The Morgan fingerprint density at radius 3 is 2.74 bits per heavy atom. The average Bonchev–Trinajstić information content (AvgIpc) is 2.76. The van der Waals surface area contributed by atoms with Gasteiger partial charge in [0.25, 0.3) is 0 Å². The lowest BCUT2D eigenvalue weighted by atomic mass is 10.0. The molecule has 5 nitrogen and oxygen atoms in total. The van der Waals surface area contributed by atoms with Crippen LogP contribution in [-0.4, -0.2) is 22.1 Å². The average molecular weight is 284 g/mol. The summed E-state index contributed by atoms with van der Waals surface area (Å²) in [6.07, 6.45) is 5.10. The molecule has 1 aromatic heterocycles. The standard InChI is InChI=1S/C13H24N4OS/c1-4-5-6-7-11-16-17-13(19-11)15-12(18)10(14)8-9(2)3/h9-10H,4-8,14H2,1-3H3,(H,15,17,18)/t10-/m0/s1. The van der Waals surface area contributed by atoms with E-state index in [4.69, 9.17) is 5.73 Å². The number of hydrogen-bond acceptors (Lipinski definition) is 5. The van der Waals surface area contributed by atoms with E-state index in [1.165, 1.54) is 24.2 Å². The summed E-state index contributed by atoms with van der Waals surface area (Å²) in [4.78, 5) is 11.8. The van der Waals surface area contributed by atoms with E-state index in [9.17, 15) is 4.79 Å². The zero-order valence-corrected chi connectivity index (χ0v) is 12.8. The molecule has 0 saturated heterocycles. The maximum Gasteiger partial charge on any atom is 0.243 e. The smallest absolute Gasteiger partial charge is 0.243 e. The highest BCUT2D eigenvalue weighted by molar-refractivity contribution is 7.15. The highest BCUT2D eigenvalue weighted by Crippen LogP contribution is 2.18. The van der Waals surface area contributed by atoms with Gasteiger partial charge in [0.2, 0.25) is 11.0 Å². The molecule has 1 heterocycles. The van der Waals surface area contributed by atoms with E-state index in [0.29, 0.717) is 17.5 Å². The molecule has 0 radical (unpaired) electrons. The van der Waals surface area contributed by atoms with Crippen molar-refractivity contribution in [3.63, 3.8) is 0 Å². The van der Waals surface area contributed by atoms with E-state index in [2.05, 4.69) is 22.4 Å². The summed E-state index contributed by atoms with van der Waals surface area (Å²) >= 11 is 1.44. The first kappa shape index (κ1) is 16.0. The van der Waals surface area contributed by atoms with Gasteiger partial charge < -0.3 is 5.73 Å². The molecule has 0 unspecified atom stereocenters. The van der Waals surface area contributed by atoms with E-state index in [0.717, 1.165) is 17.8 Å². The quantitative estimate of drug-likeness (QED) is 0.719. The van der Waals surface area contributed by atoms with Gasteiger partial charge in [-0.1, -0.05) is 44.9 Å². The highest BCUT2D eigenvalue weighted by atomic mass is 32.1. The minimum atomic E-state index is -0.479. The fourth-order valence-electron chi connectivity index (χ4n) is 1.74. The third-order valence-corrected chi connectivity index (χ3v) is 3.65. The maximum absolute atomic E-state index is 11.8. The van der Waals surface area contributed by atoms with Crippen molar-refractivity contribution in [2.45, 2.75) is 58.9 Å². The van der Waals surface area contributed by atoms with Crippen LogP contribution in [0.2, 0.25) is 0 Å². The molecule has 0 aliphatic carbocycles. The molecule has 1 amide bonds. The largest absolute Gasteiger partial charge is 0.320 e. The Morgan fingerprint density at radius 2 is 2.11 bits per heavy atom. The molecule has 0 aliphatic rings. The summed E-state index contributed by atoms with van der Waals surface area (Å²) < 4.78 is 0. The van der Waals surface area contributed by atoms with Gasteiger partial charge in [-0.25, -0.2) is 0 Å². The van der Waals surface area contributed by atoms with Gasteiger partial charge >= 0.3 is 0 Å². The SMILES string of the molecule is CCCCCc1nnc(NC(=O)[C@@H](N)CC(C)C)s1. The Kier molecular flexibility index (Phi) is 6.94. The third-order valence-electron chi connectivity index (χ3n) is 2.75. The molecule has 6 heteroatoms. The number of aryl methyl sites for hydroxylation is 1. The summed E-state index contributed by atoms with van der Waals surface area (Å²) in [6, 6.07) is -0.479. The Bertz CT molecular complexity index is 392. The Balaban J connectivity index is 2.42. The van der Waals surface area contributed by atoms with Crippen LogP contribution in [0.25, 0.3) is 0 Å². The molecule has 3 N–H and O–H groups in total. The van der Waals surface area contributed by atoms with Crippen LogP contribution < -0.4 is 11.1 Å². The van der Waals surface area contributed by atoms with Gasteiger partial charge in [-0.2, -0.15) is 0 Å². The number of rotatable bonds is 8. The van der Waals surface area contributed by atoms with Crippen LogP contribution in [-0.2, 0) is 11.2 Å². The number of unbranched alkanes of at least 4 members (excludes halogenated alkanes) is 2. The van der Waals surface area contributed by atoms with Crippen LogP contribution in [0, 0.1) is 5.92 Å². The first-order valence-electron chi connectivity index (χ1n) is 6.91. The molecule has 0 aliphatic heterocycles. The molecular formula is C13H24N4OS. The van der Waals surface area contributed by atoms with E-state index in [1.807, 2.05) is 13.8 Å². The lowest BCUT2D eigenvalue weighted by Gasteiger charge is -2.12. The molecule has 0 saturated carbocycles. The van der Waals surface area contributed by atoms with Gasteiger partial charge in [-0.15, -0.1) is 10.2 Å². The molecule has 0 aromatic carbocycles. The van der Waals surface area contributed by atoms with E-state index in [1.54, 1.807) is 0 Å². The zero-order valence-electron chi connectivity index (χ0n) is 12.0. The second-order valence-electron chi connectivity index (χ2n) is 5.18. The number of nitrogens with two attached hydrogens (primary N) is 1. The Hall–Kier alpha value is -1.01. The number of aromatic nitrogens is 2. The number of carbonyl (C=O) groups excluding carboxylic acids is 1. The van der Waals surface area contributed by atoms with Crippen molar-refractivity contribution in [2.75, 3.05) is 5.32 Å². The Morgan fingerprint density at radius 1 is 1.37 bits per heavy atom. The van der Waals surface area contributed by atoms with Crippen LogP contribution in [0.3, 0.4) is 0 Å². The number of amides is 1. The lowest BCUT2D eigenvalue weighted by Crippen LogP contribution is -2.36. The van der Waals surface area contributed by atoms with Crippen LogP contribution in [0.1, 0.15) is 51.5 Å². The van der Waals surface area contributed by atoms with Crippen LogP contribution >= 0.6 is 11.3 Å². The molecule has 0 bridgehead atoms. The van der Waals surface area contributed by atoms with Crippen molar-refractivity contribution in [1.29, 1.82) is 0 Å². The van der Waals surface area contributed by atoms with E-state index in [-0.39, 0.29) is 5.91 Å². The summed E-state index contributed by atoms with van der Waals surface area (Å²) in [6.45, 7) is 6.26. The first-order chi connectivity index (χ1) is 9.02. The van der Waals surface area contributed by atoms with Crippen LogP contribution in [0.15, 0.2) is 0 Å². The van der Waals surface area contributed by atoms with Gasteiger partial charge in [-0.05, 0) is 18.8 Å². The predicted octanol–water partition coefficient (Wildman–Crippen LogP) is 2.58. The van der Waals surface area contributed by atoms with Gasteiger partial charge in [0.1, 0.15) is 5.01 Å². The van der Waals surface area contributed by atoms with Crippen molar-refractivity contribution in [1.82, 2.24) is 10.2 Å². The van der Waals surface area contributed by atoms with Crippen molar-refractivity contribution in [3.05, 3.63) is 5.01 Å². The van der Waals surface area contributed by atoms with Gasteiger partial charge in [0, 0.05) is 6.42 Å². The number of anilines is 1. The summed E-state index contributed by atoms with van der Waals surface area (Å²) in [7, 11) is 0. The first-order valence-corrected chi connectivity index (χ1v) is 7.73. The topological polar surface area (TPSA) is 80.9 Å². The van der Waals surface area contributed by atoms with Crippen molar-refractivity contribution < 1.29 is 4.79 Å². The summed E-state index contributed by atoms with van der Waals surface area (Å²) in [5.41, 5.74) is 5.82. The monoisotopic (exact) mass is 284 g/mol. The second kappa shape index (κ2) is 8.22. The molecule has 0 spiro atoms. The van der Waals surface area contributed by atoms with Gasteiger partial charge in [-0.3, -0.25) is 10.1 Å². The fraction of sp³-hybridized carbons (Fsp3) is 0.769. The van der Waals surface area contributed by atoms with E-state index >= 15 is 0 Å². The van der Waals surface area contributed by atoms with Gasteiger partial charge in [0.15, 0.2) is 0 Å². The lowest BCUT2D eigenvalue weighted by molar-refractivity contribution is -0.117. The van der Waals surface area contributed by atoms with Crippen LogP contribution in [0.4, 0.5) is 5.13 Å². The van der Waals surface area contributed by atoms with Crippen molar-refractivity contribution in [3.8, 4) is 0 Å². The molecule has 1 rings (SSSR count). The van der Waals surface area contributed by atoms with Crippen molar-refractivity contribution >= 4 is 22.4 Å². The fourth-order valence-corrected chi connectivity index (χ4v) is 2.53. The maximum atomic E-state index is 11.8. The Labute approximate surface area is 119 Å². The van der Waals surface area contributed by atoms with E-state index < -0.39 is 6.04 Å².